The van der Waals surface area contributed by atoms with Crippen LogP contribution in [0, 0.1) is 35.5 Å². The number of hydrogen-bond acceptors (Lipinski definition) is 18. The van der Waals surface area contributed by atoms with Gasteiger partial charge in [-0.15, -0.1) is 0 Å². The molecule has 4 heterocycles. The first kappa shape index (κ1) is 68.8. The normalized spacial score (nSPS) is 35.9. The molecule has 1 saturated carbocycles. The molecule has 0 spiro atoms. The van der Waals surface area contributed by atoms with Crippen molar-refractivity contribution < 1.29 is 77.6 Å². The van der Waals surface area contributed by atoms with Crippen LogP contribution in [-0.2, 0) is 52.3 Å². The van der Waals surface area contributed by atoms with Gasteiger partial charge in [-0.3, -0.25) is 19.3 Å². The summed E-state index contributed by atoms with van der Waals surface area (Å²) in [6.45, 7) is 19.7. The van der Waals surface area contributed by atoms with E-state index in [4.69, 9.17) is 33.2 Å². The highest BCUT2D eigenvalue weighted by molar-refractivity contribution is 6.39. The number of rotatable bonds is 15. The molecule has 0 aromatic rings. The molecular formula is C62H102N4O16. The molecule has 5 aliphatic rings. The Morgan fingerprint density at radius 2 is 1.51 bits per heavy atom. The van der Waals surface area contributed by atoms with Gasteiger partial charge in [-0.1, -0.05) is 71.1 Å². The van der Waals surface area contributed by atoms with Gasteiger partial charge in [-0.2, -0.15) is 0 Å². The van der Waals surface area contributed by atoms with Gasteiger partial charge in [-0.25, -0.2) is 9.59 Å². The van der Waals surface area contributed by atoms with Crippen LogP contribution >= 0.6 is 0 Å². The van der Waals surface area contributed by atoms with E-state index in [1.54, 1.807) is 48.0 Å². The molecule has 4 aliphatic heterocycles. The Balaban J connectivity index is 1.28. The lowest BCUT2D eigenvalue weighted by Crippen LogP contribution is -2.61. The molecule has 0 aromatic carbocycles. The molecule has 1 aliphatic carbocycles. The van der Waals surface area contributed by atoms with Crippen LogP contribution in [-0.4, -0.2) is 219 Å². The first-order chi connectivity index (χ1) is 39.1. The van der Waals surface area contributed by atoms with E-state index in [0.717, 1.165) is 38.3 Å². The number of aliphatic hydroxyl groups excluding tert-OH is 3. The quantitative estimate of drug-likeness (QED) is 0.0601. The lowest BCUT2D eigenvalue weighted by Gasteiger charge is -2.43. The van der Waals surface area contributed by atoms with Crippen molar-refractivity contribution in [3.05, 3.63) is 47.6 Å². The molecular weight excluding hydrogens is 1060 g/mol. The van der Waals surface area contributed by atoms with Crippen LogP contribution in [0.25, 0.3) is 0 Å². The maximum Gasteiger partial charge on any atom is 0.407 e. The number of methoxy groups -OCH3 is 2. The predicted molar refractivity (Wildman–Crippen MR) is 309 cm³/mol. The van der Waals surface area contributed by atoms with Gasteiger partial charge in [0.2, 0.25) is 5.79 Å². The standard InChI is InChI=1S/C62H102N4O16/c1-40-16-12-11-13-17-41(2)52(76-9)38-48-21-19-46(7)62(75,82-48)58(71)59(72)66-24-15-14-18-49(66)60(73)80-53(39-50(67)42(3)35-45(6)56(69)57(70)55(68)44(5)34-40)43(4)36-47-20-22-51(54(37-47)77-10)81-61(74)63-23-30-78-32-33-79-31-29-65-27-25-64(8)26-28-65/h11-13,16-17,35,40,42-44,46-54,56-57,67,69-70,75H,14-15,18-34,36-39H2,1-10H3,(H,63,74)/b13-11?,16-12+,41-17?,45-35+/t40-,42-,43-,44-,46-,47+,48+,49+,50-,51-,52+,53+,54-,56-,57+,62-/m1/s1. The highest BCUT2D eigenvalue weighted by Gasteiger charge is 2.53. The maximum atomic E-state index is 14.6. The number of nitrogens with zero attached hydrogens (tertiary/aromatic N) is 3. The van der Waals surface area contributed by atoms with Crippen LogP contribution in [0.3, 0.4) is 0 Å². The summed E-state index contributed by atoms with van der Waals surface area (Å²) in [4.78, 5) is 75.8. The van der Waals surface area contributed by atoms with Crippen molar-refractivity contribution in [1.82, 2.24) is 20.0 Å². The molecule has 20 nitrogen and oxygen atoms in total. The number of piperazine rings is 1. The van der Waals surface area contributed by atoms with Crippen molar-refractivity contribution >= 4 is 29.5 Å². The van der Waals surface area contributed by atoms with Gasteiger partial charge in [0.05, 0.1) is 50.8 Å². The second-order valence-electron chi connectivity index (χ2n) is 24.3. The van der Waals surface area contributed by atoms with Crippen LogP contribution in [0.1, 0.15) is 126 Å². The summed E-state index contributed by atoms with van der Waals surface area (Å²) in [5.74, 6) is -8.25. The zero-order valence-corrected chi connectivity index (χ0v) is 50.9. The van der Waals surface area contributed by atoms with E-state index in [0.29, 0.717) is 90.6 Å². The van der Waals surface area contributed by atoms with Gasteiger partial charge in [0.15, 0.2) is 5.78 Å². The lowest BCUT2D eigenvalue weighted by molar-refractivity contribution is -0.265. The number of carbonyl (C=O) groups is 5. The van der Waals surface area contributed by atoms with Gasteiger partial charge >= 0.3 is 12.1 Å². The van der Waals surface area contributed by atoms with Crippen LogP contribution < -0.4 is 5.32 Å². The van der Waals surface area contributed by atoms with E-state index >= 15 is 0 Å². The number of allylic oxidation sites excluding steroid dienone is 5. The molecule has 82 heavy (non-hydrogen) atoms. The molecule has 3 saturated heterocycles. The van der Waals surface area contributed by atoms with Gasteiger partial charge in [0, 0.05) is 90.6 Å². The molecule has 0 aromatic heterocycles. The lowest BCUT2D eigenvalue weighted by atomic mass is 9.78. The maximum absolute atomic E-state index is 14.6. The van der Waals surface area contributed by atoms with Crippen LogP contribution in [0.15, 0.2) is 47.6 Å². The molecule has 16 atom stereocenters. The fraction of sp³-hybridized carbons (Fsp3) is 0.790. The molecule has 5 rings (SSSR count). The average Bonchev–Trinajstić information content (AvgIpc) is 3.57. The predicted octanol–water partition coefficient (Wildman–Crippen LogP) is 5.33. The number of ketones is 2. The van der Waals surface area contributed by atoms with Gasteiger partial charge in [0.25, 0.3) is 11.7 Å². The number of fused-ring (bicyclic) bond motifs is 3. The van der Waals surface area contributed by atoms with Crippen LogP contribution in [0.2, 0.25) is 0 Å². The number of amides is 2. The first-order valence-electron chi connectivity index (χ1n) is 30.4. The van der Waals surface area contributed by atoms with Crippen molar-refractivity contribution in [3.63, 3.8) is 0 Å². The minimum Gasteiger partial charge on any atom is -0.460 e. The second-order valence-corrected chi connectivity index (χ2v) is 24.3. The minimum absolute atomic E-state index is 0.0315. The molecule has 2 amide bonds. The van der Waals surface area contributed by atoms with Gasteiger partial charge in [0.1, 0.15) is 30.5 Å². The highest BCUT2D eigenvalue weighted by Crippen LogP contribution is 2.38. The first-order valence-corrected chi connectivity index (χ1v) is 30.4. The third kappa shape index (κ3) is 20.7. The summed E-state index contributed by atoms with van der Waals surface area (Å²) in [7, 11) is 5.27. The molecule has 5 N–H and O–H groups in total. The zero-order chi connectivity index (χ0) is 60.1. The summed E-state index contributed by atoms with van der Waals surface area (Å²) < 4.78 is 41.6. The summed E-state index contributed by atoms with van der Waals surface area (Å²) in [5.41, 5.74) is 1.14. The SMILES string of the molecule is CO[C@H]1C[C@@H]2CC[C@@H](C)[C@@](O)(O2)C(=O)C(=O)N2CCCC[C@H]2C(=O)O[C@H]([C@H](C)C[C@@H]2CC[C@@H](OC(=O)NCCOCCOCCN3CCN(C)CC3)[C@H](OC)C2)C[C@@H](O)[C@H](C)/C=C(\C)[C@@H](O)[C@@H](O)C(=O)[C@H](C)C[C@H](C)/C=C/C=CC=C1C. The Morgan fingerprint density at radius 3 is 2.22 bits per heavy atom. The number of alkyl carbamates (subject to hydrolysis) is 1. The Kier molecular flexibility index (Phi) is 28.8. The summed E-state index contributed by atoms with van der Waals surface area (Å²) in [6.07, 6.45) is 8.18. The molecule has 466 valence electrons. The molecule has 0 radical (unpaired) electrons. The van der Waals surface area contributed by atoms with E-state index in [2.05, 4.69) is 22.2 Å². The zero-order valence-electron chi connectivity index (χ0n) is 50.9. The largest absolute Gasteiger partial charge is 0.460 e. The van der Waals surface area contributed by atoms with E-state index in [9.17, 15) is 44.4 Å². The number of carbonyl (C=O) groups excluding carboxylic acids is 5. The Labute approximate surface area is 488 Å². The second kappa shape index (κ2) is 34.3. The van der Waals surface area contributed by atoms with Gasteiger partial charge in [-0.05, 0) is 114 Å². The number of nitrogens with one attached hydrogen (secondary N) is 1. The summed E-state index contributed by atoms with van der Waals surface area (Å²) >= 11 is 0. The number of esters is 1. The van der Waals surface area contributed by atoms with Crippen molar-refractivity contribution in [1.29, 1.82) is 0 Å². The molecule has 4 fully saturated rings. The smallest absolute Gasteiger partial charge is 0.407 e. The molecule has 2 bridgehead atoms. The van der Waals surface area contributed by atoms with E-state index in [1.165, 1.54) is 4.90 Å². The third-order valence-electron chi connectivity index (χ3n) is 17.7. The molecule has 20 heteroatoms. The number of hydrogen-bond donors (Lipinski definition) is 5. The Morgan fingerprint density at radius 1 is 0.793 bits per heavy atom. The highest BCUT2D eigenvalue weighted by atomic mass is 16.6. The summed E-state index contributed by atoms with van der Waals surface area (Å²) in [5, 5.41) is 49.2. The number of piperidine rings is 1. The number of cyclic esters (lactones) is 1. The monoisotopic (exact) mass is 1160 g/mol. The van der Waals surface area contributed by atoms with E-state index in [1.807, 2.05) is 51.2 Å². The Bertz CT molecular complexity index is 2150. The number of likely N-dealkylation sites (N-methyl/N-ethyl adjacent to an activating group) is 1. The fourth-order valence-corrected chi connectivity index (χ4v) is 12.1. The van der Waals surface area contributed by atoms with Crippen LogP contribution in [0.4, 0.5) is 4.79 Å². The van der Waals surface area contributed by atoms with Crippen molar-refractivity contribution in [2.24, 2.45) is 35.5 Å². The number of aliphatic hydroxyl groups is 4. The average molecular weight is 1160 g/mol. The Hall–Kier alpha value is -3.93. The third-order valence-corrected chi connectivity index (χ3v) is 17.7. The van der Waals surface area contributed by atoms with E-state index in [-0.39, 0.29) is 49.3 Å². The van der Waals surface area contributed by atoms with Crippen molar-refractivity contribution in [2.45, 2.75) is 186 Å². The van der Waals surface area contributed by atoms with Crippen LogP contribution in [0.5, 0.6) is 0 Å². The summed E-state index contributed by atoms with van der Waals surface area (Å²) in [6, 6.07) is -1.17. The van der Waals surface area contributed by atoms with Gasteiger partial charge < -0.3 is 68.7 Å². The van der Waals surface area contributed by atoms with E-state index < -0.39 is 108 Å². The minimum atomic E-state index is -2.46. The fourth-order valence-electron chi connectivity index (χ4n) is 12.1. The number of Topliss-reactive ketones (excluding diaryl/α,β-unsaturated/α-hetero) is 2. The number of ether oxygens (including phenoxy) is 7. The topological polar surface area (TPSA) is 253 Å². The molecule has 0 unspecified atom stereocenters. The van der Waals surface area contributed by atoms with Crippen molar-refractivity contribution in [2.75, 3.05) is 93.5 Å². The van der Waals surface area contributed by atoms with Crippen molar-refractivity contribution in [3.8, 4) is 0 Å².